The van der Waals surface area contributed by atoms with E-state index in [9.17, 15) is 4.79 Å². The highest BCUT2D eigenvalue weighted by Crippen LogP contribution is 2.37. The predicted octanol–water partition coefficient (Wildman–Crippen LogP) is 5.41. The summed E-state index contributed by atoms with van der Waals surface area (Å²) in [4.78, 5) is 21.8. The molecule has 0 unspecified atom stereocenters. The number of ketones is 1. The van der Waals surface area contributed by atoms with Gasteiger partial charge >= 0.3 is 0 Å². The van der Waals surface area contributed by atoms with Crippen LogP contribution < -0.4 is 5.32 Å². The van der Waals surface area contributed by atoms with Crippen LogP contribution in [0, 0.1) is 0 Å². The van der Waals surface area contributed by atoms with Gasteiger partial charge in [-0.25, -0.2) is 0 Å². The molecule has 0 aliphatic carbocycles. The van der Waals surface area contributed by atoms with Crippen LogP contribution >= 0.6 is 11.3 Å². The first-order valence-electron chi connectivity index (χ1n) is 10.6. The van der Waals surface area contributed by atoms with E-state index in [0.717, 1.165) is 73.7 Å². The first-order valence-corrected chi connectivity index (χ1v) is 11.5. The van der Waals surface area contributed by atoms with E-state index in [1.807, 2.05) is 24.4 Å². The molecular weight excluding hydrogens is 418 g/mol. The zero-order valence-corrected chi connectivity index (χ0v) is 18.3. The fraction of sp³-hybridized carbons (Fsp3) is 0.160. The minimum absolute atomic E-state index is 0.0967. The number of hydrogen-bond donors (Lipinski definition) is 3. The molecule has 5 aromatic rings. The molecule has 6 rings (SSSR count). The Morgan fingerprint density at radius 2 is 2.03 bits per heavy atom. The van der Waals surface area contributed by atoms with Gasteiger partial charge < -0.3 is 10.3 Å². The number of H-pyrrole nitrogens is 2. The molecule has 1 aliphatic heterocycles. The Balaban J connectivity index is 1.47. The van der Waals surface area contributed by atoms with Gasteiger partial charge in [0.1, 0.15) is 5.69 Å². The van der Waals surface area contributed by atoms with Crippen LogP contribution in [0.25, 0.3) is 49.2 Å². The van der Waals surface area contributed by atoms with Gasteiger partial charge in [0, 0.05) is 33.3 Å². The number of pyridine rings is 1. The standard InChI is InChI=1S/C25H21N5OS/c1-14(31)23-5-6-24(32-23)16-3-2-4-19-17(16)11-21(28-19)25-18-12-20(15-7-9-26-10-8-15)27-13-22(18)29-30-25/h2-7,11-13,26,28H,8-10H2,1H3,(H,29,30). The molecule has 0 bridgehead atoms. The van der Waals surface area contributed by atoms with Crippen LogP contribution in [0.4, 0.5) is 0 Å². The molecule has 0 amide bonds. The van der Waals surface area contributed by atoms with E-state index in [1.54, 1.807) is 6.92 Å². The lowest BCUT2D eigenvalue weighted by atomic mass is 10.0. The molecule has 0 atom stereocenters. The van der Waals surface area contributed by atoms with E-state index in [4.69, 9.17) is 0 Å². The number of aromatic amines is 2. The normalized spacial score (nSPS) is 14.2. The van der Waals surface area contributed by atoms with E-state index in [2.05, 4.69) is 55.8 Å². The van der Waals surface area contributed by atoms with E-state index >= 15 is 0 Å². The number of rotatable bonds is 4. The maximum Gasteiger partial charge on any atom is 0.169 e. The topological polar surface area (TPSA) is 86.5 Å². The molecule has 0 radical (unpaired) electrons. The van der Waals surface area contributed by atoms with Crippen LogP contribution in [0.15, 0.2) is 54.7 Å². The average molecular weight is 440 g/mol. The predicted molar refractivity (Wildman–Crippen MR) is 130 cm³/mol. The third kappa shape index (κ3) is 3.18. The summed E-state index contributed by atoms with van der Waals surface area (Å²) in [6.07, 6.45) is 5.06. The monoisotopic (exact) mass is 439 g/mol. The molecule has 158 valence electrons. The molecule has 0 saturated carbocycles. The minimum Gasteiger partial charge on any atom is -0.353 e. The molecule has 1 aromatic carbocycles. The van der Waals surface area contributed by atoms with Crippen LogP contribution in [0.2, 0.25) is 0 Å². The number of benzene rings is 1. The van der Waals surface area contributed by atoms with Gasteiger partial charge in [-0.3, -0.25) is 14.9 Å². The fourth-order valence-corrected chi connectivity index (χ4v) is 5.26. The number of fused-ring (bicyclic) bond motifs is 2. The average Bonchev–Trinajstić information content (AvgIpc) is 3.56. The first kappa shape index (κ1) is 19.2. The smallest absolute Gasteiger partial charge is 0.169 e. The number of hydrogen-bond acceptors (Lipinski definition) is 5. The lowest BCUT2D eigenvalue weighted by Crippen LogP contribution is -2.20. The van der Waals surface area contributed by atoms with Crippen molar-refractivity contribution >= 4 is 44.5 Å². The van der Waals surface area contributed by atoms with E-state index in [1.165, 1.54) is 16.9 Å². The van der Waals surface area contributed by atoms with Gasteiger partial charge in [0.2, 0.25) is 0 Å². The van der Waals surface area contributed by atoms with Gasteiger partial charge in [-0.05, 0) is 55.8 Å². The SMILES string of the molecule is CC(=O)c1ccc(-c2cccc3[nH]c(-c4n[nH]c5cnc(C6=CCNCC6)cc45)cc23)s1. The minimum atomic E-state index is 0.0967. The third-order valence-electron chi connectivity index (χ3n) is 5.98. The molecular formula is C25H21N5OS. The zero-order chi connectivity index (χ0) is 21.7. The molecule has 4 aromatic heterocycles. The Kier molecular flexibility index (Phi) is 4.52. The lowest BCUT2D eigenvalue weighted by Gasteiger charge is -2.13. The third-order valence-corrected chi connectivity index (χ3v) is 7.20. The van der Waals surface area contributed by atoms with Crippen LogP contribution in [-0.4, -0.2) is 39.0 Å². The number of carbonyl (C=O) groups excluding carboxylic acids is 1. The number of aromatic nitrogens is 4. The van der Waals surface area contributed by atoms with Crippen molar-refractivity contribution in [2.45, 2.75) is 13.3 Å². The van der Waals surface area contributed by atoms with Gasteiger partial charge in [0.25, 0.3) is 0 Å². The Morgan fingerprint density at radius 1 is 1.09 bits per heavy atom. The van der Waals surface area contributed by atoms with Crippen molar-refractivity contribution in [1.82, 2.24) is 25.5 Å². The van der Waals surface area contributed by atoms with Gasteiger partial charge in [0.15, 0.2) is 5.78 Å². The summed E-state index contributed by atoms with van der Waals surface area (Å²) < 4.78 is 0. The summed E-state index contributed by atoms with van der Waals surface area (Å²) in [5, 5.41) is 13.2. The van der Waals surface area contributed by atoms with Crippen LogP contribution in [0.5, 0.6) is 0 Å². The zero-order valence-electron chi connectivity index (χ0n) is 17.5. The van der Waals surface area contributed by atoms with Crippen molar-refractivity contribution in [1.29, 1.82) is 0 Å². The molecule has 32 heavy (non-hydrogen) atoms. The number of carbonyl (C=O) groups is 1. The Bertz CT molecular complexity index is 1520. The van der Waals surface area contributed by atoms with Crippen molar-refractivity contribution in [3.8, 4) is 21.8 Å². The number of Topliss-reactive ketones (excluding diaryl/α,β-unsaturated/α-hetero) is 1. The highest BCUT2D eigenvalue weighted by atomic mass is 32.1. The molecule has 7 heteroatoms. The highest BCUT2D eigenvalue weighted by Gasteiger charge is 2.16. The molecule has 1 aliphatic rings. The number of nitrogens with one attached hydrogen (secondary N) is 3. The summed E-state index contributed by atoms with van der Waals surface area (Å²) in [5.41, 5.74) is 7.20. The second-order valence-corrected chi connectivity index (χ2v) is 9.12. The van der Waals surface area contributed by atoms with Crippen molar-refractivity contribution in [2.75, 3.05) is 13.1 Å². The van der Waals surface area contributed by atoms with E-state index in [-0.39, 0.29) is 5.78 Å². The van der Waals surface area contributed by atoms with Crippen LogP contribution in [-0.2, 0) is 0 Å². The van der Waals surface area contributed by atoms with E-state index in [0.29, 0.717) is 0 Å². The molecule has 0 spiro atoms. The molecule has 3 N–H and O–H groups in total. The van der Waals surface area contributed by atoms with Gasteiger partial charge in [0.05, 0.1) is 28.0 Å². The summed E-state index contributed by atoms with van der Waals surface area (Å²) >= 11 is 1.53. The second-order valence-electron chi connectivity index (χ2n) is 8.04. The van der Waals surface area contributed by atoms with Gasteiger partial charge in [-0.2, -0.15) is 5.10 Å². The summed E-state index contributed by atoms with van der Waals surface area (Å²) in [7, 11) is 0. The van der Waals surface area contributed by atoms with Crippen molar-refractivity contribution in [3.63, 3.8) is 0 Å². The van der Waals surface area contributed by atoms with Gasteiger partial charge in [-0.15, -0.1) is 11.3 Å². The first-order chi connectivity index (χ1) is 15.7. The van der Waals surface area contributed by atoms with Crippen LogP contribution in [0.1, 0.15) is 28.7 Å². The van der Waals surface area contributed by atoms with E-state index < -0.39 is 0 Å². The Labute approximate surface area is 188 Å². The maximum atomic E-state index is 11.8. The lowest BCUT2D eigenvalue weighted by molar-refractivity contribution is 0.102. The largest absolute Gasteiger partial charge is 0.353 e. The number of nitrogens with zero attached hydrogens (tertiary/aromatic N) is 2. The maximum absolute atomic E-state index is 11.8. The Hall–Kier alpha value is -3.55. The van der Waals surface area contributed by atoms with Crippen LogP contribution in [0.3, 0.4) is 0 Å². The number of thiophene rings is 1. The molecule has 6 nitrogen and oxygen atoms in total. The summed E-state index contributed by atoms with van der Waals surface area (Å²) in [6, 6.07) is 14.4. The Morgan fingerprint density at radius 3 is 2.84 bits per heavy atom. The van der Waals surface area contributed by atoms with Crippen molar-refractivity contribution < 1.29 is 4.79 Å². The van der Waals surface area contributed by atoms with Crippen molar-refractivity contribution in [2.24, 2.45) is 0 Å². The molecule has 5 heterocycles. The summed E-state index contributed by atoms with van der Waals surface area (Å²) in [5.74, 6) is 0.0967. The summed E-state index contributed by atoms with van der Waals surface area (Å²) in [6.45, 7) is 3.46. The fourth-order valence-electron chi connectivity index (χ4n) is 4.32. The van der Waals surface area contributed by atoms with Crippen molar-refractivity contribution in [3.05, 3.63) is 65.3 Å². The molecule has 0 saturated heterocycles. The van der Waals surface area contributed by atoms with Gasteiger partial charge in [-0.1, -0.05) is 18.2 Å². The highest BCUT2D eigenvalue weighted by molar-refractivity contribution is 7.17. The second kappa shape index (κ2) is 7.55. The quantitative estimate of drug-likeness (QED) is 0.327. The molecule has 0 fully saturated rings.